The first-order valence-corrected chi connectivity index (χ1v) is 8.14. The van der Waals surface area contributed by atoms with Gasteiger partial charge in [0.15, 0.2) is 5.43 Å². The Hall–Kier alpha value is -1.81. The first kappa shape index (κ1) is 15.1. The number of H-pyrrole nitrogens is 1. The van der Waals surface area contributed by atoms with Gasteiger partial charge in [-0.25, -0.2) is 0 Å². The van der Waals surface area contributed by atoms with Crippen molar-refractivity contribution in [1.82, 2.24) is 4.98 Å². The smallest absolute Gasteiger partial charge is 0.198 e. The highest BCUT2D eigenvalue weighted by atomic mass is 16.5. The Morgan fingerprint density at radius 1 is 1.36 bits per heavy atom. The highest BCUT2D eigenvalue weighted by Gasteiger charge is 2.24. The number of nitrogens with one attached hydrogen (secondary N) is 2. The SMILES string of the molecule is COc1ccc2[nH]c(C)c(C[NH+]3CCCC[C@H]3C)c(=O)c2c1. The van der Waals surface area contributed by atoms with E-state index < -0.39 is 0 Å². The van der Waals surface area contributed by atoms with Crippen LogP contribution in [0.3, 0.4) is 0 Å². The number of hydrogen-bond acceptors (Lipinski definition) is 2. The topological polar surface area (TPSA) is 46.5 Å². The molecule has 2 atom stereocenters. The van der Waals surface area contributed by atoms with Crippen LogP contribution < -0.4 is 15.1 Å². The van der Waals surface area contributed by atoms with E-state index in [0.717, 1.165) is 41.0 Å². The van der Waals surface area contributed by atoms with Gasteiger partial charge in [-0.3, -0.25) is 4.79 Å². The van der Waals surface area contributed by atoms with Crippen molar-refractivity contribution in [2.75, 3.05) is 13.7 Å². The molecule has 2 N–H and O–H groups in total. The summed E-state index contributed by atoms with van der Waals surface area (Å²) in [6, 6.07) is 6.28. The molecule has 1 aliphatic heterocycles. The molecule has 0 spiro atoms. The van der Waals surface area contributed by atoms with E-state index >= 15 is 0 Å². The third kappa shape index (κ3) is 2.75. The summed E-state index contributed by atoms with van der Waals surface area (Å²) in [5, 5.41) is 0.726. The fourth-order valence-corrected chi connectivity index (χ4v) is 3.51. The Labute approximate surface area is 131 Å². The number of ether oxygens (including phenoxy) is 1. The molecule has 1 saturated heterocycles. The molecule has 22 heavy (non-hydrogen) atoms. The maximum Gasteiger partial charge on any atom is 0.198 e. The summed E-state index contributed by atoms with van der Waals surface area (Å²) in [7, 11) is 1.63. The lowest BCUT2D eigenvalue weighted by atomic mass is 10.0. The maximum absolute atomic E-state index is 12.9. The second kappa shape index (κ2) is 6.13. The largest absolute Gasteiger partial charge is 0.497 e. The Kier molecular flexibility index (Phi) is 4.21. The normalized spacial score (nSPS) is 22.0. The highest BCUT2D eigenvalue weighted by Crippen LogP contribution is 2.18. The Morgan fingerprint density at radius 2 is 2.18 bits per heavy atom. The van der Waals surface area contributed by atoms with Crippen molar-refractivity contribution in [1.29, 1.82) is 0 Å². The molecule has 3 rings (SSSR count). The summed E-state index contributed by atoms with van der Waals surface area (Å²) in [6.45, 7) is 6.28. The van der Waals surface area contributed by atoms with Gasteiger partial charge >= 0.3 is 0 Å². The standard InChI is InChI=1S/C18H24N2O2/c1-12-6-4-5-9-20(12)11-16-13(2)19-17-8-7-14(22-3)10-15(17)18(16)21/h7-8,10,12H,4-6,9,11H2,1-3H3,(H,19,21)/p+1/t12-/m1/s1. The first-order chi connectivity index (χ1) is 10.6. The van der Waals surface area contributed by atoms with Crippen LogP contribution in [0.2, 0.25) is 0 Å². The minimum atomic E-state index is 0.149. The lowest BCUT2D eigenvalue weighted by Gasteiger charge is -2.30. The molecule has 4 heteroatoms. The summed E-state index contributed by atoms with van der Waals surface area (Å²) in [5.41, 5.74) is 2.95. The van der Waals surface area contributed by atoms with Gasteiger partial charge < -0.3 is 14.6 Å². The fourth-order valence-electron chi connectivity index (χ4n) is 3.51. The summed E-state index contributed by atoms with van der Waals surface area (Å²) >= 11 is 0. The zero-order chi connectivity index (χ0) is 15.7. The summed E-state index contributed by atoms with van der Waals surface area (Å²) in [6.07, 6.45) is 3.83. The van der Waals surface area contributed by atoms with E-state index in [1.54, 1.807) is 7.11 Å². The number of pyridine rings is 1. The van der Waals surface area contributed by atoms with Crippen molar-refractivity contribution in [3.8, 4) is 5.75 Å². The van der Waals surface area contributed by atoms with Gasteiger partial charge in [0.1, 0.15) is 12.3 Å². The number of fused-ring (bicyclic) bond motifs is 1. The molecule has 1 aliphatic rings. The third-order valence-corrected chi connectivity index (χ3v) is 5.01. The highest BCUT2D eigenvalue weighted by molar-refractivity contribution is 5.81. The Balaban J connectivity index is 2.03. The molecular weight excluding hydrogens is 276 g/mol. The Morgan fingerprint density at radius 3 is 2.91 bits per heavy atom. The van der Waals surface area contributed by atoms with E-state index in [2.05, 4.69) is 11.9 Å². The average molecular weight is 301 g/mol. The molecular formula is C18H25N2O2+. The second-order valence-corrected chi connectivity index (χ2v) is 6.45. The average Bonchev–Trinajstić information content (AvgIpc) is 2.53. The van der Waals surface area contributed by atoms with E-state index in [4.69, 9.17) is 4.74 Å². The lowest BCUT2D eigenvalue weighted by molar-refractivity contribution is -0.942. The fraction of sp³-hybridized carbons (Fsp3) is 0.500. The van der Waals surface area contributed by atoms with Crippen molar-refractivity contribution in [2.45, 2.75) is 45.7 Å². The van der Waals surface area contributed by atoms with Crippen molar-refractivity contribution in [3.63, 3.8) is 0 Å². The molecule has 1 fully saturated rings. The Bertz CT molecular complexity index is 736. The van der Waals surface area contributed by atoms with Crippen LogP contribution in [-0.2, 0) is 6.54 Å². The maximum atomic E-state index is 12.9. The van der Waals surface area contributed by atoms with Gasteiger partial charge in [0, 0.05) is 16.6 Å². The number of aromatic amines is 1. The lowest BCUT2D eigenvalue weighted by Crippen LogP contribution is -3.15. The molecule has 0 amide bonds. The van der Waals surface area contributed by atoms with Gasteiger partial charge in [-0.15, -0.1) is 0 Å². The molecule has 1 unspecified atom stereocenters. The van der Waals surface area contributed by atoms with Crippen molar-refractivity contribution in [3.05, 3.63) is 39.7 Å². The van der Waals surface area contributed by atoms with Crippen LogP contribution in [0, 0.1) is 6.92 Å². The van der Waals surface area contributed by atoms with Crippen LogP contribution in [0.5, 0.6) is 5.75 Å². The molecule has 0 bridgehead atoms. The molecule has 2 aromatic rings. The van der Waals surface area contributed by atoms with E-state index in [-0.39, 0.29) is 5.43 Å². The number of piperidine rings is 1. The molecule has 1 aromatic heterocycles. The number of aryl methyl sites for hydroxylation is 1. The minimum Gasteiger partial charge on any atom is -0.497 e. The van der Waals surface area contributed by atoms with Gasteiger partial charge in [0.2, 0.25) is 0 Å². The predicted molar refractivity (Wildman–Crippen MR) is 88.7 cm³/mol. The molecule has 0 saturated carbocycles. The monoisotopic (exact) mass is 301 g/mol. The number of hydrogen-bond donors (Lipinski definition) is 2. The van der Waals surface area contributed by atoms with Crippen molar-refractivity contribution in [2.24, 2.45) is 0 Å². The summed E-state index contributed by atoms with van der Waals surface area (Å²) in [5.74, 6) is 0.728. The number of rotatable bonds is 3. The second-order valence-electron chi connectivity index (χ2n) is 6.45. The van der Waals surface area contributed by atoms with Crippen LogP contribution in [0.4, 0.5) is 0 Å². The number of likely N-dealkylation sites (tertiary alicyclic amines) is 1. The zero-order valence-electron chi connectivity index (χ0n) is 13.7. The molecule has 2 heterocycles. The molecule has 0 radical (unpaired) electrons. The van der Waals surface area contributed by atoms with Crippen LogP contribution in [-0.4, -0.2) is 24.7 Å². The van der Waals surface area contributed by atoms with Crippen LogP contribution in [0.15, 0.2) is 23.0 Å². The van der Waals surface area contributed by atoms with Gasteiger partial charge in [0.25, 0.3) is 0 Å². The molecule has 118 valence electrons. The van der Waals surface area contributed by atoms with E-state index in [1.165, 1.54) is 24.2 Å². The predicted octanol–water partition coefficient (Wildman–Crippen LogP) is 1.80. The minimum absolute atomic E-state index is 0.149. The van der Waals surface area contributed by atoms with E-state index in [0.29, 0.717) is 6.04 Å². The van der Waals surface area contributed by atoms with E-state index in [1.807, 2.05) is 25.1 Å². The van der Waals surface area contributed by atoms with Gasteiger partial charge in [0.05, 0.1) is 25.3 Å². The quantitative estimate of drug-likeness (QED) is 0.908. The first-order valence-electron chi connectivity index (χ1n) is 8.14. The molecule has 4 nitrogen and oxygen atoms in total. The van der Waals surface area contributed by atoms with Crippen LogP contribution >= 0.6 is 0 Å². The van der Waals surface area contributed by atoms with Gasteiger partial charge in [-0.1, -0.05) is 0 Å². The van der Waals surface area contributed by atoms with Crippen molar-refractivity contribution >= 4 is 10.9 Å². The zero-order valence-corrected chi connectivity index (χ0v) is 13.7. The van der Waals surface area contributed by atoms with Crippen LogP contribution in [0.25, 0.3) is 10.9 Å². The summed E-state index contributed by atoms with van der Waals surface area (Å²) < 4.78 is 5.26. The van der Waals surface area contributed by atoms with Crippen LogP contribution in [0.1, 0.15) is 37.4 Å². The van der Waals surface area contributed by atoms with Crippen molar-refractivity contribution < 1.29 is 9.64 Å². The number of aromatic nitrogens is 1. The van der Waals surface area contributed by atoms with E-state index in [9.17, 15) is 4.79 Å². The van der Waals surface area contributed by atoms with Gasteiger partial charge in [-0.2, -0.15) is 0 Å². The number of methoxy groups -OCH3 is 1. The molecule has 0 aliphatic carbocycles. The molecule has 1 aromatic carbocycles. The van der Waals surface area contributed by atoms with Gasteiger partial charge in [-0.05, 0) is 51.3 Å². The summed E-state index contributed by atoms with van der Waals surface area (Å²) in [4.78, 5) is 17.8. The third-order valence-electron chi connectivity index (χ3n) is 5.01. The number of quaternary nitrogens is 1. The number of benzene rings is 1.